The molecule has 4 nitrogen and oxygen atoms in total. The summed E-state index contributed by atoms with van der Waals surface area (Å²) in [5.74, 6) is 1.10. The first kappa shape index (κ1) is 16.4. The Hall–Kier alpha value is -2.02. The molecule has 0 saturated heterocycles. The number of hydrogen-bond donors (Lipinski definition) is 1. The van der Waals surface area contributed by atoms with Crippen LogP contribution in [0.15, 0.2) is 48.5 Å². The zero-order valence-corrected chi connectivity index (χ0v) is 14.5. The maximum absolute atomic E-state index is 12.0. The number of anilines is 1. The molecule has 2 rings (SSSR count). The fourth-order valence-corrected chi connectivity index (χ4v) is 2.39. The Morgan fingerprint density at radius 3 is 2.50 bits per heavy atom. The van der Waals surface area contributed by atoms with Gasteiger partial charge in [-0.15, -0.1) is 0 Å². The monoisotopic (exact) mass is 409 g/mol. The summed E-state index contributed by atoms with van der Waals surface area (Å²) >= 11 is 2.18. The van der Waals surface area contributed by atoms with Crippen LogP contribution in [0.2, 0.25) is 0 Å². The average molecular weight is 409 g/mol. The molecule has 0 saturated carbocycles. The number of benzene rings is 2. The van der Waals surface area contributed by atoms with E-state index in [-0.39, 0.29) is 5.91 Å². The number of para-hydroxylation sites is 1. The molecule has 0 fully saturated rings. The number of methoxy groups -OCH3 is 2. The van der Waals surface area contributed by atoms with Gasteiger partial charge in [0.25, 0.3) is 0 Å². The highest BCUT2D eigenvalue weighted by Crippen LogP contribution is 2.28. The molecule has 22 heavy (non-hydrogen) atoms. The minimum absolute atomic E-state index is 0.182. The van der Waals surface area contributed by atoms with Crippen LogP contribution in [-0.2, 0) is 4.79 Å². The Balaban J connectivity index is 2.08. The van der Waals surface area contributed by atoms with Crippen molar-refractivity contribution in [2.45, 2.75) is 0 Å². The minimum Gasteiger partial charge on any atom is -0.493 e. The second kappa shape index (κ2) is 7.84. The SMILES string of the molecule is COc1ccc(/C=C/C(=O)Nc2ccccc2I)cc1OC. The maximum atomic E-state index is 12.0. The molecule has 114 valence electrons. The van der Waals surface area contributed by atoms with Gasteiger partial charge >= 0.3 is 0 Å². The standard InChI is InChI=1S/C17H16INO3/c1-21-15-9-7-12(11-16(15)22-2)8-10-17(20)19-14-6-4-3-5-13(14)18/h3-11H,1-2H3,(H,19,20)/b10-8+. The summed E-state index contributed by atoms with van der Waals surface area (Å²) < 4.78 is 11.4. The van der Waals surface area contributed by atoms with Gasteiger partial charge in [-0.2, -0.15) is 0 Å². The van der Waals surface area contributed by atoms with E-state index in [1.54, 1.807) is 26.4 Å². The highest BCUT2D eigenvalue weighted by Gasteiger charge is 2.04. The third kappa shape index (κ3) is 4.24. The molecule has 0 aliphatic heterocycles. The van der Waals surface area contributed by atoms with Crippen molar-refractivity contribution >= 4 is 40.3 Å². The Kier molecular flexibility index (Phi) is 5.83. The molecule has 0 radical (unpaired) electrons. The van der Waals surface area contributed by atoms with Gasteiger partial charge in [-0.05, 0) is 58.5 Å². The van der Waals surface area contributed by atoms with Gasteiger partial charge in [0, 0.05) is 9.65 Å². The Bertz CT molecular complexity index is 698. The smallest absolute Gasteiger partial charge is 0.248 e. The fourth-order valence-electron chi connectivity index (χ4n) is 1.87. The van der Waals surface area contributed by atoms with Crippen LogP contribution in [0, 0.1) is 3.57 Å². The van der Waals surface area contributed by atoms with Crippen molar-refractivity contribution in [2.24, 2.45) is 0 Å². The predicted octanol–water partition coefficient (Wildman–Crippen LogP) is 3.96. The van der Waals surface area contributed by atoms with Crippen molar-refractivity contribution in [1.29, 1.82) is 0 Å². The molecular formula is C17H16INO3. The lowest BCUT2D eigenvalue weighted by Gasteiger charge is -2.07. The van der Waals surface area contributed by atoms with Gasteiger partial charge in [-0.1, -0.05) is 18.2 Å². The van der Waals surface area contributed by atoms with E-state index < -0.39 is 0 Å². The van der Waals surface area contributed by atoms with Crippen LogP contribution in [0.1, 0.15) is 5.56 Å². The summed E-state index contributed by atoms with van der Waals surface area (Å²) in [5, 5.41) is 2.84. The van der Waals surface area contributed by atoms with Crippen LogP contribution in [0.3, 0.4) is 0 Å². The fraction of sp³-hybridized carbons (Fsp3) is 0.118. The van der Waals surface area contributed by atoms with Gasteiger partial charge in [-0.25, -0.2) is 0 Å². The van der Waals surface area contributed by atoms with E-state index in [1.165, 1.54) is 6.08 Å². The van der Waals surface area contributed by atoms with Gasteiger partial charge in [-0.3, -0.25) is 4.79 Å². The van der Waals surface area contributed by atoms with Gasteiger partial charge < -0.3 is 14.8 Å². The number of amides is 1. The minimum atomic E-state index is -0.182. The number of carbonyl (C=O) groups excluding carboxylic acids is 1. The predicted molar refractivity (Wildman–Crippen MR) is 96.4 cm³/mol. The van der Waals surface area contributed by atoms with E-state index >= 15 is 0 Å². The van der Waals surface area contributed by atoms with Crippen LogP contribution >= 0.6 is 22.6 Å². The number of hydrogen-bond acceptors (Lipinski definition) is 3. The van der Waals surface area contributed by atoms with Crippen molar-refractivity contribution in [3.63, 3.8) is 0 Å². The second-order valence-electron chi connectivity index (χ2n) is 4.42. The Morgan fingerprint density at radius 1 is 1.09 bits per heavy atom. The largest absolute Gasteiger partial charge is 0.493 e. The molecule has 2 aromatic carbocycles. The van der Waals surface area contributed by atoms with Crippen LogP contribution in [-0.4, -0.2) is 20.1 Å². The van der Waals surface area contributed by atoms with E-state index in [0.717, 1.165) is 14.8 Å². The van der Waals surface area contributed by atoms with Gasteiger partial charge in [0.15, 0.2) is 11.5 Å². The number of rotatable bonds is 5. The van der Waals surface area contributed by atoms with Crippen molar-refractivity contribution in [1.82, 2.24) is 0 Å². The van der Waals surface area contributed by atoms with Crippen molar-refractivity contribution < 1.29 is 14.3 Å². The molecule has 0 spiro atoms. The van der Waals surface area contributed by atoms with Crippen LogP contribution in [0.25, 0.3) is 6.08 Å². The number of halogens is 1. The van der Waals surface area contributed by atoms with E-state index in [1.807, 2.05) is 36.4 Å². The first-order valence-electron chi connectivity index (χ1n) is 6.59. The highest BCUT2D eigenvalue weighted by atomic mass is 127. The molecule has 5 heteroatoms. The summed E-state index contributed by atoms with van der Waals surface area (Å²) in [6.45, 7) is 0. The van der Waals surface area contributed by atoms with Crippen LogP contribution < -0.4 is 14.8 Å². The van der Waals surface area contributed by atoms with E-state index in [9.17, 15) is 4.79 Å². The molecule has 2 aromatic rings. The number of carbonyl (C=O) groups is 1. The summed E-state index contributed by atoms with van der Waals surface area (Å²) in [4.78, 5) is 12.0. The molecule has 1 N–H and O–H groups in total. The normalized spacial score (nSPS) is 10.5. The van der Waals surface area contributed by atoms with Gasteiger partial charge in [0.2, 0.25) is 5.91 Å². The quantitative estimate of drug-likeness (QED) is 0.601. The molecule has 0 unspecified atom stereocenters. The van der Waals surface area contributed by atoms with Crippen molar-refractivity contribution in [3.05, 3.63) is 57.7 Å². The average Bonchev–Trinajstić information content (AvgIpc) is 2.54. The van der Waals surface area contributed by atoms with Gasteiger partial charge in [0.1, 0.15) is 0 Å². The van der Waals surface area contributed by atoms with Gasteiger partial charge in [0.05, 0.1) is 19.9 Å². The van der Waals surface area contributed by atoms with E-state index in [0.29, 0.717) is 11.5 Å². The lowest BCUT2D eigenvalue weighted by atomic mass is 10.2. The van der Waals surface area contributed by atoms with Crippen molar-refractivity contribution in [3.8, 4) is 11.5 Å². The Morgan fingerprint density at radius 2 is 1.82 bits per heavy atom. The van der Waals surface area contributed by atoms with E-state index in [2.05, 4.69) is 27.9 Å². The molecule has 0 aliphatic carbocycles. The molecular weight excluding hydrogens is 393 g/mol. The topological polar surface area (TPSA) is 47.6 Å². The first-order chi connectivity index (χ1) is 10.6. The zero-order valence-electron chi connectivity index (χ0n) is 12.3. The van der Waals surface area contributed by atoms with E-state index in [4.69, 9.17) is 9.47 Å². The highest BCUT2D eigenvalue weighted by molar-refractivity contribution is 14.1. The summed E-state index contributed by atoms with van der Waals surface area (Å²) in [6.07, 6.45) is 3.22. The first-order valence-corrected chi connectivity index (χ1v) is 7.67. The second-order valence-corrected chi connectivity index (χ2v) is 5.58. The Labute approximate surface area is 143 Å². The molecule has 1 amide bonds. The van der Waals surface area contributed by atoms with Crippen molar-refractivity contribution in [2.75, 3.05) is 19.5 Å². The van der Waals surface area contributed by atoms with Crippen LogP contribution in [0.5, 0.6) is 11.5 Å². The summed E-state index contributed by atoms with van der Waals surface area (Å²) in [5.41, 5.74) is 1.65. The lowest BCUT2D eigenvalue weighted by Crippen LogP contribution is -2.08. The van der Waals surface area contributed by atoms with Crippen LogP contribution in [0.4, 0.5) is 5.69 Å². The third-order valence-corrected chi connectivity index (χ3v) is 3.91. The lowest BCUT2D eigenvalue weighted by molar-refractivity contribution is -0.111. The number of nitrogens with one attached hydrogen (secondary N) is 1. The molecule has 0 heterocycles. The zero-order chi connectivity index (χ0) is 15.9. The number of ether oxygens (including phenoxy) is 2. The molecule has 0 bridgehead atoms. The molecule has 0 aliphatic rings. The molecule has 0 atom stereocenters. The maximum Gasteiger partial charge on any atom is 0.248 e. The molecule has 0 aromatic heterocycles. The third-order valence-electron chi connectivity index (χ3n) is 2.97. The summed E-state index contributed by atoms with van der Waals surface area (Å²) in [7, 11) is 3.16. The summed E-state index contributed by atoms with van der Waals surface area (Å²) in [6, 6.07) is 13.1.